The molecule has 1 aromatic rings. The van der Waals surface area contributed by atoms with Gasteiger partial charge in [-0.1, -0.05) is 6.07 Å². The number of benzene rings is 1. The summed E-state index contributed by atoms with van der Waals surface area (Å²) in [6.45, 7) is 0.725. The largest absolute Gasteiger partial charge is 0.352 e. The van der Waals surface area contributed by atoms with Crippen LogP contribution in [0.1, 0.15) is 16.8 Å². The molecule has 1 aromatic carbocycles. The van der Waals surface area contributed by atoms with Gasteiger partial charge in [0.05, 0.1) is 0 Å². The van der Waals surface area contributed by atoms with Crippen molar-refractivity contribution in [2.24, 2.45) is 5.73 Å². The molecule has 0 bridgehead atoms. The summed E-state index contributed by atoms with van der Waals surface area (Å²) in [5, 5.41) is 2.38. The molecule has 0 aromatic heterocycles. The van der Waals surface area contributed by atoms with E-state index >= 15 is 0 Å². The minimum Gasteiger partial charge on any atom is -0.352 e. The second-order valence-electron chi connectivity index (χ2n) is 2.99. The van der Waals surface area contributed by atoms with Crippen LogP contribution >= 0.6 is 12.4 Å². The van der Waals surface area contributed by atoms with Crippen LogP contribution in [0, 0.1) is 11.6 Å². The number of rotatable bonds is 4. The van der Waals surface area contributed by atoms with Gasteiger partial charge >= 0.3 is 0 Å². The molecule has 0 unspecified atom stereocenters. The number of nitrogens with two attached hydrogens (primary N) is 1. The van der Waals surface area contributed by atoms with Gasteiger partial charge < -0.3 is 11.1 Å². The van der Waals surface area contributed by atoms with Crippen molar-refractivity contribution >= 4 is 18.3 Å². The fourth-order valence-corrected chi connectivity index (χ4v) is 1.11. The number of hydrogen-bond acceptors (Lipinski definition) is 2. The summed E-state index contributed by atoms with van der Waals surface area (Å²) in [4.78, 5) is 11.3. The molecular weight excluding hydrogens is 238 g/mol. The van der Waals surface area contributed by atoms with Crippen molar-refractivity contribution in [3.8, 4) is 0 Å². The van der Waals surface area contributed by atoms with Gasteiger partial charge in [0.25, 0.3) is 5.91 Å². The monoisotopic (exact) mass is 250 g/mol. The highest BCUT2D eigenvalue weighted by Gasteiger charge is 2.15. The summed E-state index contributed by atoms with van der Waals surface area (Å²) in [6.07, 6.45) is 0.571. The second kappa shape index (κ2) is 7.14. The van der Waals surface area contributed by atoms with Crippen molar-refractivity contribution in [1.82, 2.24) is 5.32 Å². The Morgan fingerprint density at radius 1 is 1.31 bits per heavy atom. The Morgan fingerprint density at radius 3 is 2.38 bits per heavy atom. The van der Waals surface area contributed by atoms with Crippen molar-refractivity contribution in [1.29, 1.82) is 0 Å². The zero-order valence-electron chi connectivity index (χ0n) is 8.50. The van der Waals surface area contributed by atoms with Crippen LogP contribution in [0.2, 0.25) is 0 Å². The Balaban J connectivity index is 0.00000225. The Morgan fingerprint density at radius 2 is 1.88 bits per heavy atom. The molecule has 0 atom stereocenters. The first-order chi connectivity index (χ1) is 7.16. The Bertz CT molecular complexity index is 340. The smallest absolute Gasteiger partial charge is 0.257 e. The zero-order chi connectivity index (χ0) is 11.3. The van der Waals surface area contributed by atoms with E-state index in [1.54, 1.807) is 0 Å². The van der Waals surface area contributed by atoms with Gasteiger partial charge in [0.15, 0.2) is 0 Å². The molecule has 16 heavy (non-hydrogen) atoms. The predicted molar refractivity (Wildman–Crippen MR) is 59.6 cm³/mol. The van der Waals surface area contributed by atoms with E-state index in [1.165, 1.54) is 6.07 Å². The van der Waals surface area contributed by atoms with E-state index in [9.17, 15) is 13.6 Å². The highest BCUT2D eigenvalue weighted by molar-refractivity contribution is 5.94. The van der Waals surface area contributed by atoms with Crippen LogP contribution < -0.4 is 11.1 Å². The van der Waals surface area contributed by atoms with E-state index in [0.29, 0.717) is 19.5 Å². The molecule has 90 valence electrons. The maximum atomic E-state index is 13.1. The lowest BCUT2D eigenvalue weighted by molar-refractivity contribution is 0.0945. The third-order valence-electron chi connectivity index (χ3n) is 1.86. The minimum atomic E-state index is -0.861. The van der Waals surface area contributed by atoms with Crippen LogP contribution in [-0.4, -0.2) is 19.0 Å². The molecule has 3 nitrogen and oxygen atoms in total. The van der Waals surface area contributed by atoms with E-state index in [0.717, 1.165) is 12.1 Å². The highest BCUT2D eigenvalue weighted by Crippen LogP contribution is 2.11. The average molecular weight is 251 g/mol. The summed E-state index contributed by atoms with van der Waals surface area (Å²) in [5.41, 5.74) is 4.67. The van der Waals surface area contributed by atoms with Crippen LogP contribution in [0.5, 0.6) is 0 Å². The topological polar surface area (TPSA) is 55.1 Å². The van der Waals surface area contributed by atoms with E-state index in [-0.39, 0.29) is 12.4 Å². The molecule has 1 rings (SSSR count). The van der Waals surface area contributed by atoms with E-state index < -0.39 is 23.1 Å². The Labute approximate surface area is 98.4 Å². The van der Waals surface area contributed by atoms with Crippen molar-refractivity contribution in [2.75, 3.05) is 13.1 Å². The van der Waals surface area contributed by atoms with Gasteiger partial charge in [-0.25, -0.2) is 8.78 Å². The molecule has 3 N–H and O–H groups in total. The van der Waals surface area contributed by atoms with Gasteiger partial charge in [-0.3, -0.25) is 4.79 Å². The summed E-state index contributed by atoms with van der Waals surface area (Å²) in [6, 6.07) is 3.29. The van der Waals surface area contributed by atoms with Gasteiger partial charge in [0.2, 0.25) is 0 Å². The number of carbonyl (C=O) groups is 1. The quantitative estimate of drug-likeness (QED) is 0.795. The fraction of sp³-hybridized carbons (Fsp3) is 0.300. The fourth-order valence-electron chi connectivity index (χ4n) is 1.11. The number of hydrogen-bond donors (Lipinski definition) is 2. The molecule has 0 heterocycles. The predicted octanol–water partition coefficient (Wildman–Crippen LogP) is 1.47. The normalized spacial score (nSPS) is 9.44. The van der Waals surface area contributed by atoms with Crippen LogP contribution in [0.25, 0.3) is 0 Å². The Kier molecular flexibility index (Phi) is 6.60. The standard InChI is InChI=1S/C10H12F2N2O.ClH/c11-7-3-1-4-8(12)9(7)10(15)14-6-2-5-13;/h1,3-4H,2,5-6,13H2,(H,14,15);1H. The van der Waals surface area contributed by atoms with Gasteiger partial charge in [0, 0.05) is 6.54 Å². The van der Waals surface area contributed by atoms with Crippen LogP contribution in [-0.2, 0) is 0 Å². The molecule has 0 fully saturated rings. The molecule has 0 saturated heterocycles. The first kappa shape index (κ1) is 14.8. The van der Waals surface area contributed by atoms with Crippen molar-refractivity contribution in [3.05, 3.63) is 35.4 Å². The third-order valence-corrected chi connectivity index (χ3v) is 1.86. The van der Waals surface area contributed by atoms with Gasteiger partial charge in [-0.05, 0) is 25.1 Å². The molecule has 0 spiro atoms. The van der Waals surface area contributed by atoms with Crippen molar-refractivity contribution in [3.63, 3.8) is 0 Å². The highest BCUT2D eigenvalue weighted by atomic mass is 35.5. The van der Waals surface area contributed by atoms with Crippen LogP contribution in [0.3, 0.4) is 0 Å². The molecule has 0 saturated carbocycles. The number of amides is 1. The minimum absolute atomic E-state index is 0. The van der Waals surface area contributed by atoms with Gasteiger partial charge in [-0.2, -0.15) is 0 Å². The second-order valence-corrected chi connectivity index (χ2v) is 2.99. The van der Waals surface area contributed by atoms with Crippen LogP contribution in [0.4, 0.5) is 8.78 Å². The lowest BCUT2D eigenvalue weighted by Gasteiger charge is -2.05. The SMILES string of the molecule is Cl.NCCCNC(=O)c1c(F)cccc1F. The summed E-state index contributed by atoms with van der Waals surface area (Å²) in [5.74, 6) is -2.47. The summed E-state index contributed by atoms with van der Waals surface area (Å²) >= 11 is 0. The first-order valence-electron chi connectivity index (χ1n) is 4.59. The van der Waals surface area contributed by atoms with E-state index in [4.69, 9.17) is 5.73 Å². The first-order valence-corrected chi connectivity index (χ1v) is 4.59. The van der Waals surface area contributed by atoms with Gasteiger partial charge in [0.1, 0.15) is 17.2 Å². The third kappa shape index (κ3) is 3.75. The number of halogens is 3. The summed E-state index contributed by atoms with van der Waals surface area (Å²) < 4.78 is 26.2. The van der Waals surface area contributed by atoms with Gasteiger partial charge in [-0.15, -0.1) is 12.4 Å². The molecule has 0 aliphatic carbocycles. The summed E-state index contributed by atoms with van der Waals surface area (Å²) in [7, 11) is 0. The van der Waals surface area contributed by atoms with E-state index in [2.05, 4.69) is 5.32 Å². The maximum Gasteiger partial charge on any atom is 0.257 e. The lowest BCUT2D eigenvalue weighted by Crippen LogP contribution is -2.27. The number of carbonyl (C=O) groups excluding carboxylic acids is 1. The average Bonchev–Trinajstić information content (AvgIpc) is 2.18. The molecule has 1 amide bonds. The molecule has 0 aliphatic rings. The van der Waals surface area contributed by atoms with E-state index in [1.807, 2.05) is 0 Å². The van der Waals surface area contributed by atoms with Crippen molar-refractivity contribution in [2.45, 2.75) is 6.42 Å². The Hall–Kier alpha value is -1.20. The lowest BCUT2D eigenvalue weighted by atomic mass is 10.2. The molecular formula is C10H13ClF2N2O. The van der Waals surface area contributed by atoms with Crippen LogP contribution in [0.15, 0.2) is 18.2 Å². The van der Waals surface area contributed by atoms with Crippen molar-refractivity contribution < 1.29 is 13.6 Å². The molecule has 0 radical (unpaired) electrons. The molecule has 6 heteroatoms. The molecule has 0 aliphatic heterocycles. The number of nitrogens with one attached hydrogen (secondary N) is 1. The maximum absolute atomic E-state index is 13.1. The zero-order valence-corrected chi connectivity index (χ0v) is 9.32.